The Morgan fingerprint density at radius 2 is 1.92 bits per heavy atom. The van der Waals surface area contributed by atoms with Crippen LogP contribution in [0.15, 0.2) is 30.3 Å². The van der Waals surface area contributed by atoms with E-state index in [2.05, 4.69) is 0 Å². The summed E-state index contributed by atoms with van der Waals surface area (Å²) in [5.74, 6) is -0.425. The van der Waals surface area contributed by atoms with Gasteiger partial charge in [-0.2, -0.15) is 0 Å². The van der Waals surface area contributed by atoms with Crippen molar-refractivity contribution in [2.75, 3.05) is 26.8 Å². The van der Waals surface area contributed by atoms with Gasteiger partial charge < -0.3 is 14.2 Å². The number of methoxy groups -OCH3 is 1. The Morgan fingerprint density at radius 1 is 1.28 bits per heavy atom. The number of alkyl halides is 2. The zero-order valence-electron chi connectivity index (χ0n) is 14.4. The SMILES string of the molecule is COCCN(CC(F)F)C(=O)c1cc(C)n(-c2ccc(Cl)cc2)c1C. The molecule has 0 saturated carbocycles. The molecule has 0 aliphatic carbocycles. The van der Waals surface area contributed by atoms with Crippen molar-refractivity contribution in [3.63, 3.8) is 0 Å². The van der Waals surface area contributed by atoms with E-state index in [1.165, 1.54) is 7.11 Å². The monoisotopic (exact) mass is 370 g/mol. The summed E-state index contributed by atoms with van der Waals surface area (Å²) >= 11 is 5.92. The number of aromatic nitrogens is 1. The summed E-state index contributed by atoms with van der Waals surface area (Å²) in [6.07, 6.45) is -2.60. The number of ether oxygens (including phenoxy) is 1. The number of halogens is 3. The highest BCUT2D eigenvalue weighted by Gasteiger charge is 2.24. The van der Waals surface area contributed by atoms with Crippen molar-refractivity contribution >= 4 is 17.5 Å². The molecule has 0 aliphatic rings. The maximum Gasteiger partial charge on any atom is 0.255 e. The van der Waals surface area contributed by atoms with Gasteiger partial charge in [0.1, 0.15) is 0 Å². The highest BCUT2D eigenvalue weighted by atomic mass is 35.5. The Morgan fingerprint density at radius 3 is 2.48 bits per heavy atom. The number of amides is 1. The third-order valence-electron chi connectivity index (χ3n) is 3.96. The molecule has 1 amide bonds. The standard InChI is InChI=1S/C18H21ClF2N2O2/c1-12-10-16(18(24)22(8-9-25-3)11-17(20)21)13(2)23(12)15-6-4-14(19)5-7-15/h4-7,10,17H,8-9,11H2,1-3H3. The van der Waals surface area contributed by atoms with Crippen LogP contribution in [0, 0.1) is 13.8 Å². The smallest absolute Gasteiger partial charge is 0.255 e. The van der Waals surface area contributed by atoms with E-state index in [1.807, 2.05) is 23.6 Å². The van der Waals surface area contributed by atoms with E-state index in [-0.39, 0.29) is 13.2 Å². The Hall–Kier alpha value is -1.92. The molecule has 0 fully saturated rings. The second-order valence-electron chi connectivity index (χ2n) is 5.73. The summed E-state index contributed by atoms with van der Waals surface area (Å²) < 4.78 is 32.5. The number of nitrogens with zero attached hydrogens (tertiary/aromatic N) is 2. The van der Waals surface area contributed by atoms with Crippen molar-refractivity contribution in [1.82, 2.24) is 9.47 Å². The Kier molecular flexibility index (Phi) is 6.56. The van der Waals surface area contributed by atoms with E-state index < -0.39 is 18.9 Å². The van der Waals surface area contributed by atoms with Crippen LogP contribution in [0.1, 0.15) is 21.7 Å². The first-order chi connectivity index (χ1) is 11.8. The van der Waals surface area contributed by atoms with Crippen LogP contribution < -0.4 is 0 Å². The van der Waals surface area contributed by atoms with Crippen molar-refractivity contribution < 1.29 is 18.3 Å². The molecule has 25 heavy (non-hydrogen) atoms. The van der Waals surface area contributed by atoms with Crippen LogP contribution in [0.4, 0.5) is 8.78 Å². The largest absolute Gasteiger partial charge is 0.383 e. The summed E-state index contributed by atoms with van der Waals surface area (Å²) in [6, 6.07) is 8.94. The number of hydrogen-bond donors (Lipinski definition) is 0. The fraction of sp³-hybridized carbons (Fsp3) is 0.389. The highest BCUT2D eigenvalue weighted by molar-refractivity contribution is 6.30. The van der Waals surface area contributed by atoms with Crippen LogP contribution in [0.25, 0.3) is 5.69 Å². The first-order valence-corrected chi connectivity index (χ1v) is 8.24. The van der Waals surface area contributed by atoms with Crippen molar-refractivity contribution in [2.24, 2.45) is 0 Å². The summed E-state index contributed by atoms with van der Waals surface area (Å²) in [5.41, 5.74) is 2.80. The third kappa shape index (κ3) is 4.58. The molecule has 0 spiro atoms. The van der Waals surface area contributed by atoms with Crippen LogP contribution in [0.5, 0.6) is 0 Å². The average Bonchev–Trinajstić information content (AvgIpc) is 2.86. The van der Waals surface area contributed by atoms with Crippen molar-refractivity contribution in [3.8, 4) is 5.69 Å². The van der Waals surface area contributed by atoms with Gasteiger partial charge in [0.05, 0.1) is 18.7 Å². The van der Waals surface area contributed by atoms with Crippen molar-refractivity contribution in [2.45, 2.75) is 20.3 Å². The third-order valence-corrected chi connectivity index (χ3v) is 4.21. The minimum absolute atomic E-state index is 0.115. The number of hydrogen-bond acceptors (Lipinski definition) is 2. The van der Waals surface area contributed by atoms with E-state index in [4.69, 9.17) is 16.3 Å². The lowest BCUT2D eigenvalue weighted by molar-refractivity contribution is 0.0477. The van der Waals surface area contributed by atoms with Gasteiger partial charge in [-0.25, -0.2) is 8.78 Å². The average molecular weight is 371 g/mol. The van der Waals surface area contributed by atoms with Gasteiger partial charge in [-0.05, 0) is 44.2 Å². The summed E-state index contributed by atoms with van der Waals surface area (Å²) in [6.45, 7) is 3.36. The molecule has 2 rings (SSSR count). The zero-order valence-corrected chi connectivity index (χ0v) is 15.2. The molecule has 0 bridgehead atoms. The molecule has 0 aliphatic heterocycles. The van der Waals surface area contributed by atoms with Crippen LogP contribution >= 0.6 is 11.6 Å². The van der Waals surface area contributed by atoms with E-state index in [0.29, 0.717) is 16.3 Å². The molecule has 0 atom stereocenters. The van der Waals surface area contributed by atoms with Crippen LogP contribution in [0.3, 0.4) is 0 Å². The topological polar surface area (TPSA) is 34.5 Å². The molecule has 0 saturated heterocycles. The Labute approximate surface area is 150 Å². The minimum atomic E-state index is -2.60. The molecule has 0 radical (unpaired) electrons. The molecular weight excluding hydrogens is 350 g/mol. The van der Waals surface area contributed by atoms with Gasteiger partial charge in [0.2, 0.25) is 0 Å². The number of benzene rings is 1. The van der Waals surface area contributed by atoms with Gasteiger partial charge in [-0.3, -0.25) is 4.79 Å². The van der Waals surface area contributed by atoms with Gasteiger partial charge in [0, 0.05) is 35.8 Å². The summed E-state index contributed by atoms with van der Waals surface area (Å²) in [4.78, 5) is 13.9. The molecule has 7 heteroatoms. The molecular formula is C18H21ClF2N2O2. The van der Waals surface area contributed by atoms with Crippen molar-refractivity contribution in [3.05, 3.63) is 52.3 Å². The number of carbonyl (C=O) groups is 1. The molecule has 1 aromatic carbocycles. The molecule has 0 N–H and O–H groups in total. The van der Waals surface area contributed by atoms with Crippen molar-refractivity contribution in [1.29, 1.82) is 0 Å². The fourth-order valence-electron chi connectivity index (χ4n) is 2.78. The zero-order chi connectivity index (χ0) is 18.6. The van der Waals surface area contributed by atoms with Gasteiger partial charge >= 0.3 is 0 Å². The van der Waals surface area contributed by atoms with Crippen LogP contribution in [0.2, 0.25) is 5.02 Å². The second-order valence-corrected chi connectivity index (χ2v) is 6.17. The molecule has 2 aromatic rings. The first-order valence-electron chi connectivity index (χ1n) is 7.86. The molecule has 136 valence electrons. The minimum Gasteiger partial charge on any atom is -0.383 e. The van der Waals surface area contributed by atoms with E-state index in [9.17, 15) is 13.6 Å². The fourth-order valence-corrected chi connectivity index (χ4v) is 2.91. The van der Waals surface area contributed by atoms with Gasteiger partial charge in [0.15, 0.2) is 0 Å². The van der Waals surface area contributed by atoms with E-state index in [0.717, 1.165) is 16.3 Å². The molecule has 1 heterocycles. The maximum absolute atomic E-state index is 12.8. The Bertz CT molecular complexity index is 729. The lowest BCUT2D eigenvalue weighted by Crippen LogP contribution is -2.37. The van der Waals surface area contributed by atoms with Crippen LogP contribution in [-0.4, -0.2) is 48.6 Å². The van der Waals surface area contributed by atoms with E-state index >= 15 is 0 Å². The van der Waals surface area contributed by atoms with Gasteiger partial charge in [-0.15, -0.1) is 0 Å². The number of aryl methyl sites for hydroxylation is 1. The second kappa shape index (κ2) is 8.45. The normalized spacial score (nSPS) is 11.2. The highest BCUT2D eigenvalue weighted by Crippen LogP contribution is 2.23. The maximum atomic E-state index is 12.8. The number of carbonyl (C=O) groups excluding carboxylic acids is 1. The molecule has 1 aromatic heterocycles. The van der Waals surface area contributed by atoms with Crippen LogP contribution in [-0.2, 0) is 4.74 Å². The van der Waals surface area contributed by atoms with E-state index in [1.54, 1.807) is 25.1 Å². The molecule has 0 unspecified atom stereocenters. The molecule has 4 nitrogen and oxygen atoms in total. The van der Waals surface area contributed by atoms with Gasteiger partial charge in [0.25, 0.3) is 12.3 Å². The predicted molar refractivity (Wildman–Crippen MR) is 94.0 cm³/mol. The first kappa shape index (κ1) is 19.4. The quantitative estimate of drug-likeness (QED) is 0.735. The van der Waals surface area contributed by atoms with Gasteiger partial charge in [-0.1, -0.05) is 11.6 Å². The Balaban J connectivity index is 2.36. The number of rotatable bonds is 7. The lowest BCUT2D eigenvalue weighted by atomic mass is 10.2. The predicted octanol–water partition coefficient (Wildman–Crippen LogP) is 4.10. The summed E-state index contributed by atoms with van der Waals surface area (Å²) in [7, 11) is 1.47. The lowest BCUT2D eigenvalue weighted by Gasteiger charge is -2.22. The summed E-state index contributed by atoms with van der Waals surface area (Å²) in [5, 5.41) is 0.616.